The first-order valence-corrected chi connectivity index (χ1v) is 5.44. The minimum atomic E-state index is -0.0166. The van der Waals surface area contributed by atoms with E-state index in [0.29, 0.717) is 18.3 Å². The molecule has 0 heterocycles. The number of hydrogen-bond donors (Lipinski definition) is 0. The highest BCUT2D eigenvalue weighted by atomic mass is 127. The standard InChI is InChI=1S/C8H6I2O2/c1-3-4(2)8(12)6(10)5(9)7(3)11/h1-2H3. The first-order chi connectivity index (χ1) is 5.46. The van der Waals surface area contributed by atoms with E-state index in [1.807, 2.05) is 45.2 Å². The zero-order chi connectivity index (χ0) is 9.46. The number of rotatable bonds is 0. The fraction of sp³-hybridized carbons (Fsp3) is 0.250. The largest absolute Gasteiger partial charge is 0.288 e. The average molecular weight is 388 g/mol. The highest BCUT2D eigenvalue weighted by molar-refractivity contribution is 14.1. The fourth-order valence-corrected chi connectivity index (χ4v) is 2.17. The summed E-state index contributed by atoms with van der Waals surface area (Å²) in [6.45, 7) is 3.38. The van der Waals surface area contributed by atoms with Crippen molar-refractivity contribution >= 4 is 56.7 Å². The number of allylic oxidation sites excluding steroid dienone is 4. The Morgan fingerprint density at radius 3 is 1.33 bits per heavy atom. The van der Waals surface area contributed by atoms with Gasteiger partial charge in [0.1, 0.15) is 0 Å². The molecule has 0 radical (unpaired) electrons. The Labute approximate surface area is 97.8 Å². The maximum Gasteiger partial charge on any atom is 0.196 e. The summed E-state index contributed by atoms with van der Waals surface area (Å²) in [4.78, 5) is 22.8. The summed E-state index contributed by atoms with van der Waals surface area (Å²) < 4.78 is 1.09. The molecule has 0 aromatic carbocycles. The van der Waals surface area contributed by atoms with Crippen molar-refractivity contribution in [1.82, 2.24) is 0 Å². The van der Waals surface area contributed by atoms with Gasteiger partial charge in [0.25, 0.3) is 0 Å². The molecular weight excluding hydrogens is 382 g/mol. The van der Waals surface area contributed by atoms with Crippen LogP contribution in [0.15, 0.2) is 18.3 Å². The Morgan fingerprint density at radius 1 is 0.833 bits per heavy atom. The lowest BCUT2D eigenvalue weighted by Crippen LogP contribution is -2.16. The molecule has 1 rings (SSSR count). The van der Waals surface area contributed by atoms with Gasteiger partial charge >= 0.3 is 0 Å². The molecule has 12 heavy (non-hydrogen) atoms. The van der Waals surface area contributed by atoms with Gasteiger partial charge < -0.3 is 0 Å². The second-order valence-corrected chi connectivity index (χ2v) is 4.69. The molecular formula is C8H6I2O2. The maximum absolute atomic E-state index is 11.4. The van der Waals surface area contributed by atoms with E-state index in [9.17, 15) is 9.59 Å². The van der Waals surface area contributed by atoms with Crippen molar-refractivity contribution in [1.29, 1.82) is 0 Å². The monoisotopic (exact) mass is 388 g/mol. The number of carbonyl (C=O) groups is 2. The van der Waals surface area contributed by atoms with Crippen molar-refractivity contribution in [3.05, 3.63) is 18.3 Å². The van der Waals surface area contributed by atoms with Crippen LogP contribution in [0.4, 0.5) is 0 Å². The normalized spacial score (nSPS) is 19.3. The lowest BCUT2D eigenvalue weighted by Gasteiger charge is -2.12. The molecule has 0 aromatic rings. The molecule has 0 unspecified atom stereocenters. The number of hydrogen-bond acceptors (Lipinski definition) is 2. The number of carbonyl (C=O) groups excluding carboxylic acids is 2. The number of Topliss-reactive ketones (excluding diaryl/α,β-unsaturated/α-hetero) is 2. The first kappa shape index (κ1) is 10.4. The molecule has 0 aliphatic heterocycles. The third-order valence-electron chi connectivity index (χ3n) is 1.84. The van der Waals surface area contributed by atoms with Crippen molar-refractivity contribution in [3.63, 3.8) is 0 Å². The van der Waals surface area contributed by atoms with Crippen LogP contribution in [0.1, 0.15) is 13.8 Å². The van der Waals surface area contributed by atoms with Crippen molar-refractivity contribution in [2.24, 2.45) is 0 Å². The molecule has 0 saturated heterocycles. The smallest absolute Gasteiger partial charge is 0.196 e. The van der Waals surface area contributed by atoms with Gasteiger partial charge in [-0.3, -0.25) is 9.59 Å². The zero-order valence-electron chi connectivity index (χ0n) is 6.57. The van der Waals surface area contributed by atoms with E-state index in [2.05, 4.69) is 0 Å². The van der Waals surface area contributed by atoms with Crippen LogP contribution in [-0.4, -0.2) is 11.6 Å². The Morgan fingerprint density at radius 2 is 1.08 bits per heavy atom. The van der Waals surface area contributed by atoms with Crippen LogP contribution in [0.3, 0.4) is 0 Å². The lowest BCUT2D eigenvalue weighted by molar-refractivity contribution is -0.115. The molecule has 0 aromatic heterocycles. The van der Waals surface area contributed by atoms with Gasteiger partial charge in [-0.15, -0.1) is 0 Å². The first-order valence-electron chi connectivity index (χ1n) is 3.29. The SMILES string of the molecule is CC1=C(C)C(=O)C(I)=C(I)C1=O. The minimum Gasteiger partial charge on any atom is -0.288 e. The van der Waals surface area contributed by atoms with Crippen molar-refractivity contribution in [2.45, 2.75) is 13.8 Å². The second kappa shape index (κ2) is 3.57. The Kier molecular flexibility index (Phi) is 3.08. The van der Waals surface area contributed by atoms with E-state index >= 15 is 0 Å². The molecule has 64 valence electrons. The van der Waals surface area contributed by atoms with Crippen LogP contribution in [0.2, 0.25) is 0 Å². The van der Waals surface area contributed by atoms with Gasteiger partial charge in [0.15, 0.2) is 11.6 Å². The average Bonchev–Trinajstić information content (AvgIpc) is 2.08. The summed E-state index contributed by atoms with van der Waals surface area (Å²) in [5, 5.41) is 0. The van der Waals surface area contributed by atoms with Crippen LogP contribution in [-0.2, 0) is 9.59 Å². The van der Waals surface area contributed by atoms with Crippen LogP contribution in [0, 0.1) is 0 Å². The highest BCUT2D eigenvalue weighted by Crippen LogP contribution is 2.31. The molecule has 1 aliphatic rings. The topological polar surface area (TPSA) is 34.1 Å². The van der Waals surface area contributed by atoms with E-state index in [4.69, 9.17) is 0 Å². The summed E-state index contributed by atoms with van der Waals surface area (Å²) in [6.07, 6.45) is 0. The molecule has 2 nitrogen and oxygen atoms in total. The van der Waals surface area contributed by atoms with Crippen LogP contribution in [0.25, 0.3) is 0 Å². The lowest BCUT2D eigenvalue weighted by atomic mass is 9.98. The number of halogens is 2. The Hall–Kier alpha value is 0.280. The van der Waals surface area contributed by atoms with Crippen molar-refractivity contribution in [2.75, 3.05) is 0 Å². The molecule has 0 bridgehead atoms. The molecule has 0 saturated carbocycles. The van der Waals surface area contributed by atoms with Gasteiger partial charge in [0.2, 0.25) is 0 Å². The molecule has 0 spiro atoms. The van der Waals surface area contributed by atoms with Crippen LogP contribution >= 0.6 is 45.2 Å². The van der Waals surface area contributed by atoms with E-state index in [1.54, 1.807) is 13.8 Å². The molecule has 0 amide bonds. The summed E-state index contributed by atoms with van der Waals surface area (Å²) in [6, 6.07) is 0. The molecule has 1 aliphatic carbocycles. The summed E-state index contributed by atoms with van der Waals surface area (Å²) in [5.74, 6) is -0.0331. The van der Waals surface area contributed by atoms with Gasteiger partial charge in [-0.05, 0) is 59.0 Å². The molecule has 0 atom stereocenters. The van der Waals surface area contributed by atoms with Crippen LogP contribution < -0.4 is 0 Å². The minimum absolute atomic E-state index is 0.0166. The van der Waals surface area contributed by atoms with E-state index in [0.717, 1.165) is 0 Å². The van der Waals surface area contributed by atoms with Crippen molar-refractivity contribution < 1.29 is 9.59 Å². The Balaban J connectivity index is 3.32. The maximum atomic E-state index is 11.4. The predicted molar refractivity (Wildman–Crippen MR) is 63.5 cm³/mol. The van der Waals surface area contributed by atoms with E-state index in [1.165, 1.54) is 0 Å². The number of ketones is 2. The molecule has 4 heteroatoms. The van der Waals surface area contributed by atoms with E-state index < -0.39 is 0 Å². The van der Waals surface area contributed by atoms with Gasteiger partial charge in [-0.2, -0.15) is 0 Å². The van der Waals surface area contributed by atoms with Gasteiger partial charge in [-0.1, -0.05) is 0 Å². The molecule has 0 N–H and O–H groups in total. The van der Waals surface area contributed by atoms with Gasteiger partial charge in [0.05, 0.1) is 7.16 Å². The van der Waals surface area contributed by atoms with E-state index in [-0.39, 0.29) is 11.6 Å². The second-order valence-electron chi connectivity index (χ2n) is 2.54. The van der Waals surface area contributed by atoms with Crippen LogP contribution in [0.5, 0.6) is 0 Å². The third kappa shape index (κ3) is 1.50. The third-order valence-corrected chi connectivity index (χ3v) is 4.93. The van der Waals surface area contributed by atoms with Gasteiger partial charge in [-0.25, -0.2) is 0 Å². The Bertz CT molecular complexity index is 275. The summed E-state index contributed by atoms with van der Waals surface area (Å²) in [5.41, 5.74) is 1.15. The van der Waals surface area contributed by atoms with Gasteiger partial charge in [0, 0.05) is 11.1 Å². The van der Waals surface area contributed by atoms with Crippen molar-refractivity contribution in [3.8, 4) is 0 Å². The zero-order valence-corrected chi connectivity index (χ0v) is 10.9. The summed E-state index contributed by atoms with van der Waals surface area (Å²) >= 11 is 3.83. The summed E-state index contributed by atoms with van der Waals surface area (Å²) in [7, 11) is 0. The fourth-order valence-electron chi connectivity index (χ4n) is 0.869. The molecule has 0 fully saturated rings. The quantitative estimate of drug-likeness (QED) is 0.473. The predicted octanol–water partition coefficient (Wildman–Crippen LogP) is 2.56. The highest BCUT2D eigenvalue weighted by Gasteiger charge is 2.26.